The molecule has 21 heavy (non-hydrogen) atoms. The molecule has 0 saturated carbocycles. The van der Waals surface area contributed by atoms with Gasteiger partial charge < -0.3 is 15.6 Å². The van der Waals surface area contributed by atoms with Crippen LogP contribution in [-0.2, 0) is 7.05 Å². The number of aryl methyl sites for hydroxylation is 1. The summed E-state index contributed by atoms with van der Waals surface area (Å²) in [6.45, 7) is 0.176. The lowest BCUT2D eigenvalue weighted by atomic mass is 10.2. The molecule has 0 aliphatic heterocycles. The molecular formula is C15H14N4O2. The van der Waals surface area contributed by atoms with E-state index in [0.29, 0.717) is 11.1 Å². The molecule has 0 fully saturated rings. The van der Waals surface area contributed by atoms with E-state index in [2.05, 4.69) is 22.1 Å². The standard InChI is InChI=1S/C15H14N4O2/c1-19-10-12(8-5-9-16)13(18-15(19)21)17-14(20)11-6-3-2-4-7-11/h2-4,6-7,10H,9,16H2,1H3,(H,17,18,20,21). The molecule has 6 nitrogen and oxygen atoms in total. The highest BCUT2D eigenvalue weighted by atomic mass is 16.2. The molecule has 1 aromatic carbocycles. The number of carbonyl (C=O) groups excluding carboxylic acids is 1. The Labute approximate surface area is 121 Å². The SMILES string of the molecule is Cn1cc(C#CCN)c(NC(=O)c2ccccc2)nc1=O. The Balaban J connectivity index is 2.37. The van der Waals surface area contributed by atoms with Gasteiger partial charge in [0.05, 0.1) is 12.1 Å². The van der Waals surface area contributed by atoms with Crippen molar-refractivity contribution < 1.29 is 4.79 Å². The van der Waals surface area contributed by atoms with Crippen LogP contribution in [0.1, 0.15) is 15.9 Å². The van der Waals surface area contributed by atoms with Crippen LogP contribution < -0.4 is 16.7 Å². The van der Waals surface area contributed by atoms with Crippen LogP contribution in [0, 0.1) is 11.8 Å². The van der Waals surface area contributed by atoms with Crippen LogP contribution in [0.15, 0.2) is 41.3 Å². The molecule has 2 rings (SSSR count). The molecule has 0 saturated heterocycles. The molecule has 0 bridgehead atoms. The summed E-state index contributed by atoms with van der Waals surface area (Å²) in [7, 11) is 1.56. The van der Waals surface area contributed by atoms with Crippen molar-refractivity contribution in [3.05, 3.63) is 58.1 Å². The summed E-state index contributed by atoms with van der Waals surface area (Å²) in [6, 6.07) is 8.65. The van der Waals surface area contributed by atoms with Crippen LogP contribution in [0.5, 0.6) is 0 Å². The van der Waals surface area contributed by atoms with E-state index in [9.17, 15) is 9.59 Å². The van der Waals surface area contributed by atoms with Crippen molar-refractivity contribution in [2.45, 2.75) is 0 Å². The monoisotopic (exact) mass is 282 g/mol. The highest BCUT2D eigenvalue weighted by Crippen LogP contribution is 2.10. The molecule has 106 valence electrons. The molecule has 6 heteroatoms. The maximum absolute atomic E-state index is 12.1. The van der Waals surface area contributed by atoms with Gasteiger partial charge in [0.1, 0.15) is 0 Å². The third-order valence-electron chi connectivity index (χ3n) is 2.68. The second-order valence-corrected chi connectivity index (χ2v) is 4.22. The average molecular weight is 282 g/mol. The fourth-order valence-corrected chi connectivity index (χ4v) is 1.65. The van der Waals surface area contributed by atoms with Gasteiger partial charge in [-0.1, -0.05) is 30.0 Å². The number of carbonyl (C=O) groups is 1. The first kappa shape index (κ1) is 14.5. The largest absolute Gasteiger partial charge is 0.349 e. The minimum absolute atomic E-state index is 0.132. The number of nitrogens with one attached hydrogen (secondary N) is 1. The summed E-state index contributed by atoms with van der Waals surface area (Å²) in [5.41, 5.74) is 5.77. The zero-order valence-corrected chi connectivity index (χ0v) is 11.5. The highest BCUT2D eigenvalue weighted by molar-refractivity contribution is 6.04. The number of amides is 1. The zero-order chi connectivity index (χ0) is 15.2. The third kappa shape index (κ3) is 3.55. The molecule has 0 atom stereocenters. The summed E-state index contributed by atoms with van der Waals surface area (Å²) in [5, 5.41) is 2.60. The fraction of sp³-hybridized carbons (Fsp3) is 0.133. The minimum Gasteiger partial charge on any atom is -0.320 e. The predicted molar refractivity (Wildman–Crippen MR) is 79.8 cm³/mol. The van der Waals surface area contributed by atoms with Gasteiger partial charge in [-0.25, -0.2) is 4.79 Å². The summed E-state index contributed by atoms with van der Waals surface area (Å²) in [4.78, 5) is 27.5. The topological polar surface area (TPSA) is 90.0 Å². The first-order valence-corrected chi connectivity index (χ1v) is 6.25. The number of benzene rings is 1. The van der Waals surface area contributed by atoms with E-state index in [-0.39, 0.29) is 18.3 Å². The Morgan fingerprint density at radius 3 is 2.76 bits per heavy atom. The second-order valence-electron chi connectivity index (χ2n) is 4.22. The summed E-state index contributed by atoms with van der Waals surface area (Å²) in [6.07, 6.45) is 1.51. The summed E-state index contributed by atoms with van der Waals surface area (Å²) < 4.78 is 1.29. The van der Waals surface area contributed by atoms with Gasteiger partial charge in [-0.05, 0) is 12.1 Å². The van der Waals surface area contributed by atoms with E-state index in [0.717, 1.165) is 0 Å². The zero-order valence-electron chi connectivity index (χ0n) is 11.5. The van der Waals surface area contributed by atoms with Gasteiger partial charge in [-0.3, -0.25) is 4.79 Å². The maximum Gasteiger partial charge on any atom is 0.349 e. The summed E-state index contributed by atoms with van der Waals surface area (Å²) in [5.74, 6) is 5.24. The van der Waals surface area contributed by atoms with E-state index in [1.165, 1.54) is 10.8 Å². The number of nitrogens with zero attached hydrogens (tertiary/aromatic N) is 2. The first-order valence-electron chi connectivity index (χ1n) is 6.25. The van der Waals surface area contributed by atoms with E-state index >= 15 is 0 Å². The van der Waals surface area contributed by atoms with Crippen LogP contribution in [0.25, 0.3) is 0 Å². The molecule has 0 spiro atoms. The van der Waals surface area contributed by atoms with Gasteiger partial charge in [0.15, 0.2) is 5.82 Å². The Morgan fingerprint density at radius 2 is 2.10 bits per heavy atom. The highest BCUT2D eigenvalue weighted by Gasteiger charge is 2.11. The molecule has 1 aromatic heterocycles. The fourth-order valence-electron chi connectivity index (χ4n) is 1.65. The Morgan fingerprint density at radius 1 is 1.38 bits per heavy atom. The van der Waals surface area contributed by atoms with E-state index in [1.54, 1.807) is 31.3 Å². The average Bonchev–Trinajstić information content (AvgIpc) is 2.50. The van der Waals surface area contributed by atoms with Crippen molar-refractivity contribution in [1.29, 1.82) is 0 Å². The molecule has 0 aliphatic rings. The summed E-state index contributed by atoms with van der Waals surface area (Å²) >= 11 is 0. The lowest BCUT2D eigenvalue weighted by Gasteiger charge is -2.07. The number of rotatable bonds is 2. The second kappa shape index (κ2) is 6.50. The van der Waals surface area contributed by atoms with Crippen LogP contribution in [0.4, 0.5) is 5.82 Å². The lowest BCUT2D eigenvalue weighted by Crippen LogP contribution is -2.24. The third-order valence-corrected chi connectivity index (χ3v) is 2.68. The molecule has 1 amide bonds. The van der Waals surface area contributed by atoms with Gasteiger partial charge in [-0.2, -0.15) is 4.98 Å². The smallest absolute Gasteiger partial charge is 0.320 e. The van der Waals surface area contributed by atoms with E-state index in [1.807, 2.05) is 6.07 Å². The molecular weight excluding hydrogens is 268 g/mol. The molecule has 3 N–H and O–H groups in total. The number of anilines is 1. The predicted octanol–water partition coefficient (Wildman–Crippen LogP) is 0.343. The maximum atomic E-state index is 12.1. The van der Waals surface area contributed by atoms with Crippen LogP contribution in [-0.4, -0.2) is 22.0 Å². The van der Waals surface area contributed by atoms with Gasteiger partial charge in [0.2, 0.25) is 0 Å². The van der Waals surface area contributed by atoms with Crippen LogP contribution >= 0.6 is 0 Å². The van der Waals surface area contributed by atoms with Crippen molar-refractivity contribution >= 4 is 11.7 Å². The first-order chi connectivity index (χ1) is 10.1. The lowest BCUT2D eigenvalue weighted by molar-refractivity contribution is 0.102. The van der Waals surface area contributed by atoms with Crippen LogP contribution in [0.3, 0.4) is 0 Å². The molecule has 0 radical (unpaired) electrons. The van der Waals surface area contributed by atoms with Gasteiger partial charge in [0, 0.05) is 18.8 Å². The van der Waals surface area contributed by atoms with Crippen molar-refractivity contribution in [2.75, 3.05) is 11.9 Å². The van der Waals surface area contributed by atoms with Gasteiger partial charge >= 0.3 is 5.69 Å². The molecule has 2 aromatic rings. The van der Waals surface area contributed by atoms with Gasteiger partial charge in [0.25, 0.3) is 5.91 Å². The van der Waals surface area contributed by atoms with Crippen molar-refractivity contribution in [3.63, 3.8) is 0 Å². The molecule has 0 aliphatic carbocycles. The number of hydrogen-bond donors (Lipinski definition) is 2. The Kier molecular flexibility index (Phi) is 4.49. The van der Waals surface area contributed by atoms with E-state index in [4.69, 9.17) is 5.73 Å². The van der Waals surface area contributed by atoms with Crippen molar-refractivity contribution in [3.8, 4) is 11.8 Å². The van der Waals surface area contributed by atoms with Crippen LogP contribution in [0.2, 0.25) is 0 Å². The Bertz CT molecular complexity index is 770. The minimum atomic E-state index is -0.475. The normalized spacial score (nSPS) is 9.62. The van der Waals surface area contributed by atoms with E-state index < -0.39 is 5.69 Å². The van der Waals surface area contributed by atoms with Gasteiger partial charge in [-0.15, -0.1) is 0 Å². The quantitative estimate of drug-likeness (QED) is 0.777. The van der Waals surface area contributed by atoms with Crippen molar-refractivity contribution in [1.82, 2.24) is 9.55 Å². The molecule has 1 heterocycles. The van der Waals surface area contributed by atoms with Crippen molar-refractivity contribution in [2.24, 2.45) is 12.8 Å². The molecule has 0 unspecified atom stereocenters. The number of aromatic nitrogens is 2. The number of nitrogens with two attached hydrogens (primary N) is 1. The Hall–Kier alpha value is -2.91. The number of hydrogen-bond acceptors (Lipinski definition) is 4.